The van der Waals surface area contributed by atoms with E-state index in [1.807, 2.05) is 43.3 Å². The molecule has 1 aromatic heterocycles. The SMILES string of the molecule is Cc1cc(C)c(S(=O)(=O)NC(Cc2ccc3c(c2)CCC(CCCNc2ccccn2)O3)C(=O)O)c(C)c1. The first-order valence-electron chi connectivity index (χ1n) is 12.9. The molecule has 0 bridgehead atoms. The van der Waals surface area contributed by atoms with E-state index in [9.17, 15) is 18.3 Å². The molecule has 0 fully saturated rings. The highest BCUT2D eigenvalue weighted by Crippen LogP contribution is 2.30. The molecular formula is C29H35N3O5S. The van der Waals surface area contributed by atoms with E-state index in [1.165, 1.54) is 0 Å². The topological polar surface area (TPSA) is 118 Å². The molecule has 0 aliphatic carbocycles. The Kier molecular flexibility index (Phi) is 8.69. The van der Waals surface area contributed by atoms with E-state index >= 15 is 0 Å². The Labute approximate surface area is 224 Å². The van der Waals surface area contributed by atoms with Gasteiger partial charge < -0.3 is 15.2 Å². The lowest BCUT2D eigenvalue weighted by molar-refractivity contribution is -0.138. The van der Waals surface area contributed by atoms with Crippen molar-refractivity contribution in [2.75, 3.05) is 11.9 Å². The predicted octanol–water partition coefficient (Wildman–Crippen LogP) is 4.57. The van der Waals surface area contributed by atoms with Crippen LogP contribution in [-0.4, -0.2) is 43.2 Å². The Balaban J connectivity index is 1.36. The lowest BCUT2D eigenvalue weighted by atomic mass is 9.96. The van der Waals surface area contributed by atoms with Crippen molar-refractivity contribution < 1.29 is 23.1 Å². The first kappa shape index (κ1) is 27.6. The van der Waals surface area contributed by atoms with Crippen molar-refractivity contribution >= 4 is 21.8 Å². The molecule has 3 aromatic rings. The summed E-state index contributed by atoms with van der Waals surface area (Å²) in [6.07, 6.45) is 5.49. The summed E-state index contributed by atoms with van der Waals surface area (Å²) < 4.78 is 34.9. The number of nitrogens with one attached hydrogen (secondary N) is 2. The second-order valence-corrected chi connectivity index (χ2v) is 11.6. The zero-order chi connectivity index (χ0) is 27.3. The minimum atomic E-state index is -4.02. The molecule has 3 N–H and O–H groups in total. The van der Waals surface area contributed by atoms with Crippen LogP contribution in [0.3, 0.4) is 0 Å². The number of anilines is 1. The molecule has 0 saturated heterocycles. The van der Waals surface area contributed by atoms with Crippen molar-refractivity contribution in [2.45, 2.75) is 69.9 Å². The van der Waals surface area contributed by atoms with Crippen molar-refractivity contribution in [3.63, 3.8) is 0 Å². The average Bonchev–Trinajstić information content (AvgIpc) is 2.86. The lowest BCUT2D eigenvalue weighted by Crippen LogP contribution is -2.42. The number of carboxylic acids is 1. The van der Waals surface area contributed by atoms with Gasteiger partial charge >= 0.3 is 5.97 Å². The summed E-state index contributed by atoms with van der Waals surface area (Å²) in [5, 5.41) is 13.1. The zero-order valence-electron chi connectivity index (χ0n) is 22.0. The fourth-order valence-corrected chi connectivity index (χ4v) is 6.74. The maximum atomic E-state index is 13.1. The standard InChI is InChI=1S/C29H35N3O5S/c1-19-15-20(2)28(21(3)16-19)38(35,36)32-25(29(33)34)18-22-9-12-26-23(17-22)10-11-24(37-26)7-6-14-31-27-8-4-5-13-30-27/h4-5,8-9,12-13,15-17,24-25,32H,6-7,10-11,14,18H2,1-3H3,(H,30,31)(H,33,34). The molecule has 0 spiro atoms. The first-order valence-corrected chi connectivity index (χ1v) is 14.4. The fourth-order valence-electron chi connectivity index (χ4n) is 5.09. The number of rotatable bonds is 11. The summed E-state index contributed by atoms with van der Waals surface area (Å²) in [5.74, 6) is 0.450. The highest BCUT2D eigenvalue weighted by Gasteiger charge is 2.29. The van der Waals surface area contributed by atoms with Gasteiger partial charge in [0.2, 0.25) is 10.0 Å². The number of aryl methyl sites for hydroxylation is 4. The Bertz CT molecular complexity index is 1370. The monoisotopic (exact) mass is 537 g/mol. The Hall–Kier alpha value is -3.43. The van der Waals surface area contributed by atoms with Gasteiger partial charge in [0.1, 0.15) is 17.6 Å². The third-order valence-electron chi connectivity index (χ3n) is 6.74. The van der Waals surface area contributed by atoms with Gasteiger partial charge in [-0.25, -0.2) is 13.4 Å². The van der Waals surface area contributed by atoms with E-state index in [-0.39, 0.29) is 17.4 Å². The fraction of sp³-hybridized carbons (Fsp3) is 0.379. The van der Waals surface area contributed by atoms with E-state index in [0.717, 1.165) is 60.5 Å². The van der Waals surface area contributed by atoms with Crippen molar-refractivity contribution in [1.82, 2.24) is 9.71 Å². The molecule has 2 heterocycles. The summed E-state index contributed by atoms with van der Waals surface area (Å²) >= 11 is 0. The van der Waals surface area contributed by atoms with Gasteiger partial charge in [-0.3, -0.25) is 4.79 Å². The second kappa shape index (κ2) is 12.0. The van der Waals surface area contributed by atoms with Gasteiger partial charge in [-0.05, 0) is 93.3 Å². The van der Waals surface area contributed by atoms with Crippen molar-refractivity contribution in [2.24, 2.45) is 0 Å². The molecule has 8 nitrogen and oxygen atoms in total. The maximum absolute atomic E-state index is 13.1. The smallest absolute Gasteiger partial charge is 0.322 e. The van der Waals surface area contributed by atoms with E-state index < -0.39 is 22.0 Å². The number of pyridine rings is 1. The van der Waals surface area contributed by atoms with Crippen LogP contribution in [0.15, 0.2) is 59.6 Å². The summed E-state index contributed by atoms with van der Waals surface area (Å²) in [6, 6.07) is 13.7. The number of carbonyl (C=O) groups is 1. The van der Waals surface area contributed by atoms with E-state index in [1.54, 1.807) is 32.2 Å². The molecule has 2 atom stereocenters. The van der Waals surface area contributed by atoms with Crippen LogP contribution in [0.4, 0.5) is 5.82 Å². The molecule has 38 heavy (non-hydrogen) atoms. The van der Waals surface area contributed by atoms with Gasteiger partial charge in [0.05, 0.1) is 11.0 Å². The van der Waals surface area contributed by atoms with Crippen molar-refractivity contribution in [3.8, 4) is 5.75 Å². The van der Waals surface area contributed by atoms with Crippen LogP contribution in [0.2, 0.25) is 0 Å². The third kappa shape index (κ3) is 6.90. The minimum Gasteiger partial charge on any atom is -0.490 e. The van der Waals surface area contributed by atoms with Crippen LogP contribution in [0.25, 0.3) is 0 Å². The van der Waals surface area contributed by atoms with Gasteiger partial charge in [-0.15, -0.1) is 0 Å². The van der Waals surface area contributed by atoms with Gasteiger partial charge in [0, 0.05) is 12.7 Å². The van der Waals surface area contributed by atoms with Crippen LogP contribution >= 0.6 is 0 Å². The third-order valence-corrected chi connectivity index (χ3v) is 8.51. The summed E-state index contributed by atoms with van der Waals surface area (Å²) in [4.78, 5) is 16.4. The maximum Gasteiger partial charge on any atom is 0.322 e. The number of ether oxygens (including phenoxy) is 1. The molecule has 1 aliphatic rings. The highest BCUT2D eigenvalue weighted by molar-refractivity contribution is 7.89. The Morgan fingerprint density at radius 3 is 2.58 bits per heavy atom. The van der Waals surface area contributed by atoms with Crippen LogP contribution in [-0.2, 0) is 27.7 Å². The van der Waals surface area contributed by atoms with Crippen LogP contribution in [0.1, 0.15) is 47.1 Å². The predicted molar refractivity (Wildman–Crippen MR) is 147 cm³/mol. The largest absolute Gasteiger partial charge is 0.490 e. The molecule has 4 rings (SSSR count). The second-order valence-electron chi connectivity index (χ2n) is 9.95. The minimum absolute atomic E-state index is 0.0361. The van der Waals surface area contributed by atoms with Gasteiger partial charge in [0.15, 0.2) is 0 Å². The van der Waals surface area contributed by atoms with Crippen molar-refractivity contribution in [1.29, 1.82) is 0 Å². The van der Waals surface area contributed by atoms with Gasteiger partial charge in [-0.1, -0.05) is 35.9 Å². The van der Waals surface area contributed by atoms with Crippen molar-refractivity contribution in [3.05, 3.63) is 82.5 Å². The Morgan fingerprint density at radius 1 is 1.13 bits per heavy atom. The summed E-state index contributed by atoms with van der Waals surface area (Å²) in [7, 11) is -4.02. The van der Waals surface area contributed by atoms with Gasteiger partial charge in [0.25, 0.3) is 0 Å². The zero-order valence-corrected chi connectivity index (χ0v) is 22.8. The number of fused-ring (bicyclic) bond motifs is 1. The molecule has 2 unspecified atom stereocenters. The number of aromatic nitrogens is 1. The summed E-state index contributed by atoms with van der Waals surface area (Å²) in [5.41, 5.74) is 3.90. The number of aliphatic carboxylic acids is 1. The normalized spacial score (nSPS) is 15.8. The lowest BCUT2D eigenvalue weighted by Gasteiger charge is -2.27. The van der Waals surface area contributed by atoms with E-state index in [4.69, 9.17) is 4.74 Å². The molecule has 0 saturated carbocycles. The Morgan fingerprint density at radius 2 is 1.89 bits per heavy atom. The molecule has 2 aromatic carbocycles. The molecule has 0 amide bonds. The molecule has 9 heteroatoms. The number of carboxylic acid groups (broad SMARTS) is 1. The number of hydrogen-bond donors (Lipinski definition) is 3. The number of hydrogen-bond acceptors (Lipinski definition) is 6. The van der Waals surface area contributed by atoms with Gasteiger partial charge in [-0.2, -0.15) is 4.72 Å². The van der Waals surface area contributed by atoms with E-state index in [2.05, 4.69) is 15.0 Å². The van der Waals surface area contributed by atoms with E-state index in [0.29, 0.717) is 11.1 Å². The molecule has 1 aliphatic heterocycles. The number of sulfonamides is 1. The molecule has 202 valence electrons. The number of benzene rings is 2. The average molecular weight is 538 g/mol. The summed E-state index contributed by atoms with van der Waals surface area (Å²) in [6.45, 7) is 6.15. The van der Waals surface area contributed by atoms with Crippen LogP contribution < -0.4 is 14.8 Å². The molecule has 0 radical (unpaired) electrons. The quantitative estimate of drug-likeness (QED) is 0.307. The van der Waals surface area contributed by atoms with Crippen LogP contribution in [0.5, 0.6) is 5.75 Å². The molecular weight excluding hydrogens is 502 g/mol. The number of nitrogens with zero attached hydrogens (tertiary/aromatic N) is 1. The van der Waals surface area contributed by atoms with Crippen LogP contribution in [0, 0.1) is 20.8 Å². The first-order chi connectivity index (χ1) is 18.1. The highest BCUT2D eigenvalue weighted by atomic mass is 32.2.